The molecule has 24 heavy (non-hydrogen) atoms. The van der Waals surface area contributed by atoms with E-state index in [1.807, 2.05) is 12.3 Å². The van der Waals surface area contributed by atoms with Crippen LogP contribution in [0.1, 0.15) is 36.1 Å². The summed E-state index contributed by atoms with van der Waals surface area (Å²) in [5.74, 6) is 1.21. The van der Waals surface area contributed by atoms with Crippen molar-refractivity contribution in [2.75, 3.05) is 27.7 Å². The highest BCUT2D eigenvalue weighted by Crippen LogP contribution is 2.43. The van der Waals surface area contributed by atoms with Crippen molar-refractivity contribution in [2.45, 2.75) is 25.7 Å². The van der Waals surface area contributed by atoms with Gasteiger partial charge in [0.1, 0.15) is 5.75 Å². The van der Waals surface area contributed by atoms with Gasteiger partial charge in [0, 0.05) is 24.4 Å². The normalized spacial score (nSPS) is 14.9. The van der Waals surface area contributed by atoms with E-state index >= 15 is 0 Å². The number of nitrogens with zero attached hydrogens (tertiary/aromatic N) is 2. The Morgan fingerprint density at radius 2 is 2.04 bits per heavy atom. The lowest BCUT2D eigenvalue weighted by molar-refractivity contribution is 0.412. The zero-order valence-electron chi connectivity index (χ0n) is 15.0. The van der Waals surface area contributed by atoms with Crippen molar-refractivity contribution in [3.63, 3.8) is 0 Å². The first-order chi connectivity index (χ1) is 11.6. The third kappa shape index (κ3) is 3.36. The quantitative estimate of drug-likeness (QED) is 0.798. The fourth-order valence-corrected chi connectivity index (χ4v) is 3.50. The molecule has 2 aromatic rings. The Hall–Kier alpha value is -2.13. The number of allylic oxidation sites excluding steroid dienone is 1. The SMILES string of the molecule is COc1ccc2c(c1)C(C(C)c1ccccn1)=C(CCN(C)C)C2. The Balaban J connectivity index is 2.03. The molecule has 3 rings (SSSR count). The van der Waals surface area contributed by atoms with E-state index in [9.17, 15) is 0 Å². The predicted molar refractivity (Wildman–Crippen MR) is 99.4 cm³/mol. The topological polar surface area (TPSA) is 25.4 Å². The van der Waals surface area contributed by atoms with Crippen LogP contribution in [0.15, 0.2) is 48.2 Å². The highest BCUT2D eigenvalue weighted by atomic mass is 16.5. The maximum Gasteiger partial charge on any atom is 0.119 e. The minimum Gasteiger partial charge on any atom is -0.497 e. The third-order valence-electron chi connectivity index (χ3n) is 4.82. The smallest absolute Gasteiger partial charge is 0.119 e. The van der Waals surface area contributed by atoms with Crippen molar-refractivity contribution in [2.24, 2.45) is 0 Å². The fourth-order valence-electron chi connectivity index (χ4n) is 3.50. The number of methoxy groups -OCH3 is 1. The van der Waals surface area contributed by atoms with E-state index in [-0.39, 0.29) is 5.92 Å². The van der Waals surface area contributed by atoms with Crippen LogP contribution < -0.4 is 4.74 Å². The summed E-state index contributed by atoms with van der Waals surface area (Å²) in [5, 5.41) is 0. The van der Waals surface area contributed by atoms with Crippen LogP contribution in [0.25, 0.3) is 5.57 Å². The summed E-state index contributed by atoms with van der Waals surface area (Å²) in [6.07, 6.45) is 4.02. The van der Waals surface area contributed by atoms with Crippen LogP contribution >= 0.6 is 0 Å². The van der Waals surface area contributed by atoms with Gasteiger partial charge in [0.05, 0.1) is 7.11 Å². The molecule has 0 amide bonds. The number of benzene rings is 1. The van der Waals surface area contributed by atoms with Crippen LogP contribution in [0.4, 0.5) is 0 Å². The van der Waals surface area contributed by atoms with Gasteiger partial charge in [0.2, 0.25) is 0 Å². The van der Waals surface area contributed by atoms with Crippen LogP contribution in [-0.2, 0) is 6.42 Å². The number of hydrogen-bond donors (Lipinski definition) is 0. The minimum atomic E-state index is 0.289. The monoisotopic (exact) mass is 322 g/mol. The van der Waals surface area contributed by atoms with Crippen LogP contribution in [0.3, 0.4) is 0 Å². The van der Waals surface area contributed by atoms with E-state index in [2.05, 4.69) is 61.2 Å². The summed E-state index contributed by atoms with van der Waals surface area (Å²) in [5.41, 5.74) is 6.84. The van der Waals surface area contributed by atoms with Gasteiger partial charge in [-0.3, -0.25) is 4.98 Å². The molecule has 1 atom stereocenters. The molecule has 0 radical (unpaired) electrons. The Bertz CT molecular complexity index is 735. The van der Waals surface area contributed by atoms with E-state index in [0.717, 1.165) is 30.8 Å². The molecule has 1 aromatic carbocycles. The molecule has 0 aliphatic heterocycles. The van der Waals surface area contributed by atoms with Crippen LogP contribution in [0.5, 0.6) is 5.75 Å². The van der Waals surface area contributed by atoms with Gasteiger partial charge in [-0.25, -0.2) is 0 Å². The summed E-state index contributed by atoms with van der Waals surface area (Å²) in [6, 6.07) is 12.6. The Labute approximate surface area is 145 Å². The van der Waals surface area contributed by atoms with Crippen molar-refractivity contribution in [1.82, 2.24) is 9.88 Å². The number of hydrogen-bond acceptors (Lipinski definition) is 3. The molecule has 0 fully saturated rings. The molecular formula is C21H26N2O. The van der Waals surface area contributed by atoms with Gasteiger partial charge in [0.25, 0.3) is 0 Å². The molecule has 3 heteroatoms. The minimum absolute atomic E-state index is 0.289. The van der Waals surface area contributed by atoms with E-state index in [1.165, 1.54) is 22.3 Å². The average Bonchev–Trinajstić information content (AvgIpc) is 2.97. The van der Waals surface area contributed by atoms with Gasteiger partial charge in [-0.1, -0.05) is 24.6 Å². The number of ether oxygens (including phenoxy) is 1. The Morgan fingerprint density at radius 3 is 2.71 bits per heavy atom. The summed E-state index contributed by atoms with van der Waals surface area (Å²) < 4.78 is 5.46. The van der Waals surface area contributed by atoms with Gasteiger partial charge in [-0.15, -0.1) is 0 Å². The number of aromatic nitrogens is 1. The van der Waals surface area contributed by atoms with Gasteiger partial charge >= 0.3 is 0 Å². The molecule has 0 spiro atoms. The fraction of sp³-hybridized carbons (Fsp3) is 0.381. The lowest BCUT2D eigenvalue weighted by atomic mass is 9.89. The molecule has 0 N–H and O–H groups in total. The molecule has 0 saturated heterocycles. The van der Waals surface area contributed by atoms with Crippen molar-refractivity contribution >= 4 is 5.57 Å². The lowest BCUT2D eigenvalue weighted by Crippen LogP contribution is -2.14. The number of rotatable bonds is 6. The highest BCUT2D eigenvalue weighted by Gasteiger charge is 2.27. The summed E-state index contributed by atoms with van der Waals surface area (Å²) >= 11 is 0. The Morgan fingerprint density at radius 1 is 1.21 bits per heavy atom. The largest absolute Gasteiger partial charge is 0.497 e. The first-order valence-electron chi connectivity index (χ1n) is 8.55. The van der Waals surface area contributed by atoms with Crippen LogP contribution in [0.2, 0.25) is 0 Å². The predicted octanol–water partition coefficient (Wildman–Crippen LogP) is 4.16. The van der Waals surface area contributed by atoms with Crippen molar-refractivity contribution in [3.05, 3.63) is 65.0 Å². The zero-order valence-corrected chi connectivity index (χ0v) is 15.0. The molecule has 1 heterocycles. The molecule has 1 aliphatic rings. The molecule has 1 aromatic heterocycles. The van der Waals surface area contributed by atoms with Gasteiger partial charge in [0.15, 0.2) is 0 Å². The second-order valence-corrected chi connectivity index (χ2v) is 6.75. The average molecular weight is 322 g/mol. The zero-order chi connectivity index (χ0) is 17.1. The van der Waals surface area contributed by atoms with Gasteiger partial charge in [-0.2, -0.15) is 0 Å². The molecule has 1 aliphatic carbocycles. The van der Waals surface area contributed by atoms with Crippen LogP contribution in [-0.4, -0.2) is 37.6 Å². The molecule has 1 unspecified atom stereocenters. The third-order valence-corrected chi connectivity index (χ3v) is 4.82. The maximum absolute atomic E-state index is 5.46. The van der Waals surface area contributed by atoms with Crippen molar-refractivity contribution in [3.8, 4) is 5.75 Å². The number of pyridine rings is 1. The number of fused-ring (bicyclic) bond motifs is 1. The Kier molecular flexibility index (Phi) is 5.00. The summed E-state index contributed by atoms with van der Waals surface area (Å²) in [7, 11) is 6.00. The van der Waals surface area contributed by atoms with E-state index < -0.39 is 0 Å². The van der Waals surface area contributed by atoms with Gasteiger partial charge in [-0.05, 0) is 67.9 Å². The van der Waals surface area contributed by atoms with Crippen LogP contribution in [0, 0.1) is 0 Å². The van der Waals surface area contributed by atoms with Gasteiger partial charge < -0.3 is 9.64 Å². The molecule has 0 saturated carbocycles. The highest BCUT2D eigenvalue weighted by molar-refractivity contribution is 5.81. The van der Waals surface area contributed by atoms with E-state index in [1.54, 1.807) is 7.11 Å². The summed E-state index contributed by atoms with van der Waals surface area (Å²) in [4.78, 5) is 6.84. The van der Waals surface area contributed by atoms with Crippen molar-refractivity contribution < 1.29 is 4.74 Å². The molecule has 0 bridgehead atoms. The maximum atomic E-state index is 5.46. The second-order valence-electron chi connectivity index (χ2n) is 6.75. The lowest BCUT2D eigenvalue weighted by Gasteiger charge is -2.18. The standard InChI is InChI=1S/C21H26N2O/c1-15(20-7-5-6-11-22-20)21-17(10-12-23(2)3)13-16-8-9-18(24-4)14-19(16)21/h5-9,11,14-15H,10,12-13H2,1-4H3. The first-order valence-corrected chi connectivity index (χ1v) is 8.55. The molecule has 126 valence electrons. The first kappa shape index (κ1) is 16.7. The van der Waals surface area contributed by atoms with E-state index in [0.29, 0.717) is 0 Å². The van der Waals surface area contributed by atoms with E-state index in [4.69, 9.17) is 4.74 Å². The van der Waals surface area contributed by atoms with Crippen molar-refractivity contribution in [1.29, 1.82) is 0 Å². The molecular weight excluding hydrogens is 296 g/mol. The molecule has 3 nitrogen and oxygen atoms in total. The summed E-state index contributed by atoms with van der Waals surface area (Å²) in [6.45, 7) is 3.33. The second kappa shape index (κ2) is 7.18.